The normalized spacial score (nSPS) is 22.6. The van der Waals surface area contributed by atoms with Crippen molar-refractivity contribution in [3.63, 3.8) is 0 Å². The second kappa shape index (κ2) is 7.94. The summed E-state index contributed by atoms with van der Waals surface area (Å²) < 4.78 is 15.4. The summed E-state index contributed by atoms with van der Waals surface area (Å²) in [5, 5.41) is 0. The lowest BCUT2D eigenvalue weighted by Gasteiger charge is -2.27. The van der Waals surface area contributed by atoms with Crippen LogP contribution in [0, 0.1) is 0 Å². The molecule has 1 fully saturated rings. The van der Waals surface area contributed by atoms with Crippen molar-refractivity contribution in [2.24, 2.45) is 0 Å². The van der Waals surface area contributed by atoms with Crippen LogP contribution < -0.4 is 0 Å². The minimum absolute atomic E-state index is 0.0317. The third-order valence-electron chi connectivity index (χ3n) is 3.14. The molecule has 0 amide bonds. The summed E-state index contributed by atoms with van der Waals surface area (Å²) in [6.07, 6.45) is 3.83. The van der Waals surface area contributed by atoms with E-state index in [1.165, 1.54) is 0 Å². The molecule has 0 bridgehead atoms. The molecule has 19 heavy (non-hydrogen) atoms. The smallest absolute Gasteiger partial charge is 0.333 e. The molecule has 0 aromatic heterocycles. The molecule has 0 atom stereocenters. The highest BCUT2D eigenvalue weighted by Gasteiger charge is 2.23. The van der Waals surface area contributed by atoms with E-state index in [9.17, 15) is 9.59 Å². The average Bonchev–Trinajstić information content (AvgIpc) is 2.39. The number of hydrogen-bond donors (Lipinski definition) is 0. The molecule has 0 saturated heterocycles. The van der Waals surface area contributed by atoms with Crippen molar-refractivity contribution in [1.82, 2.24) is 0 Å². The minimum atomic E-state index is -0.478. The highest BCUT2D eigenvalue weighted by molar-refractivity contribution is 5.87. The van der Waals surface area contributed by atoms with Crippen LogP contribution in [0.3, 0.4) is 0 Å². The lowest BCUT2D eigenvalue weighted by molar-refractivity contribution is -0.154. The van der Waals surface area contributed by atoms with Crippen molar-refractivity contribution in [3.05, 3.63) is 12.2 Å². The Balaban J connectivity index is 2.14. The first-order chi connectivity index (χ1) is 9.02. The van der Waals surface area contributed by atoms with E-state index in [1.54, 1.807) is 14.0 Å². The van der Waals surface area contributed by atoms with Crippen molar-refractivity contribution in [2.75, 3.05) is 13.7 Å². The number of carbonyl (C=O) groups is 2. The Labute approximate surface area is 113 Å². The van der Waals surface area contributed by atoms with E-state index in [4.69, 9.17) is 14.2 Å². The first-order valence-electron chi connectivity index (χ1n) is 6.57. The molecule has 0 radical (unpaired) electrons. The summed E-state index contributed by atoms with van der Waals surface area (Å²) in [6.45, 7) is 5.06. The molecule has 5 nitrogen and oxygen atoms in total. The van der Waals surface area contributed by atoms with Crippen LogP contribution in [0.15, 0.2) is 12.2 Å². The van der Waals surface area contributed by atoms with Crippen molar-refractivity contribution >= 4 is 11.9 Å². The Bertz CT molecular complexity index is 329. The van der Waals surface area contributed by atoms with E-state index >= 15 is 0 Å². The topological polar surface area (TPSA) is 61.8 Å². The van der Waals surface area contributed by atoms with Crippen LogP contribution in [0.5, 0.6) is 0 Å². The number of esters is 2. The Morgan fingerprint density at radius 1 is 1.16 bits per heavy atom. The van der Waals surface area contributed by atoms with Crippen LogP contribution in [-0.2, 0) is 23.8 Å². The van der Waals surface area contributed by atoms with E-state index in [0.717, 1.165) is 25.7 Å². The predicted octanol–water partition coefficient (Wildman–Crippen LogP) is 2.00. The van der Waals surface area contributed by atoms with Crippen LogP contribution in [0.25, 0.3) is 0 Å². The lowest BCUT2D eigenvalue weighted by Crippen LogP contribution is -2.28. The zero-order valence-electron chi connectivity index (χ0n) is 11.6. The first kappa shape index (κ1) is 15.7. The van der Waals surface area contributed by atoms with Crippen molar-refractivity contribution in [3.8, 4) is 0 Å². The van der Waals surface area contributed by atoms with Gasteiger partial charge < -0.3 is 14.2 Å². The molecule has 108 valence electrons. The van der Waals surface area contributed by atoms with Gasteiger partial charge in [0.1, 0.15) is 12.7 Å². The monoisotopic (exact) mass is 270 g/mol. The van der Waals surface area contributed by atoms with Gasteiger partial charge in [-0.3, -0.25) is 4.79 Å². The van der Waals surface area contributed by atoms with Gasteiger partial charge >= 0.3 is 11.9 Å². The Morgan fingerprint density at radius 2 is 1.74 bits per heavy atom. The van der Waals surface area contributed by atoms with Gasteiger partial charge in [-0.2, -0.15) is 0 Å². The number of hydrogen-bond acceptors (Lipinski definition) is 5. The third kappa shape index (κ3) is 5.87. The fourth-order valence-electron chi connectivity index (χ4n) is 1.98. The number of rotatable bonds is 6. The molecule has 1 rings (SSSR count). The second-order valence-corrected chi connectivity index (χ2v) is 4.79. The molecule has 1 aliphatic rings. The molecule has 1 saturated carbocycles. The summed E-state index contributed by atoms with van der Waals surface area (Å²) in [6, 6.07) is 0. The molecule has 0 heterocycles. The molecule has 5 heteroatoms. The lowest BCUT2D eigenvalue weighted by atomic mass is 9.95. The largest absolute Gasteiger partial charge is 0.462 e. The SMILES string of the molecule is C=C(C)C(=O)OCCC(=O)OC1CCC(OC)CC1. The molecule has 0 unspecified atom stereocenters. The average molecular weight is 270 g/mol. The predicted molar refractivity (Wildman–Crippen MR) is 69.5 cm³/mol. The van der Waals surface area contributed by atoms with Gasteiger partial charge in [-0.25, -0.2) is 4.79 Å². The zero-order chi connectivity index (χ0) is 14.3. The molecule has 0 aliphatic heterocycles. The Hall–Kier alpha value is -1.36. The van der Waals surface area contributed by atoms with Gasteiger partial charge in [0, 0.05) is 12.7 Å². The van der Waals surface area contributed by atoms with E-state index < -0.39 is 5.97 Å². The van der Waals surface area contributed by atoms with E-state index in [0.29, 0.717) is 5.57 Å². The van der Waals surface area contributed by atoms with Gasteiger partial charge in [0.25, 0.3) is 0 Å². The standard InChI is InChI=1S/C14H22O5/c1-10(2)14(16)18-9-8-13(15)19-12-6-4-11(17-3)5-7-12/h11-12H,1,4-9H2,2-3H3. The maximum atomic E-state index is 11.5. The summed E-state index contributed by atoms with van der Waals surface area (Å²) in [5.41, 5.74) is 0.325. The van der Waals surface area contributed by atoms with Crippen LogP contribution in [0.4, 0.5) is 0 Å². The molecular formula is C14H22O5. The minimum Gasteiger partial charge on any atom is -0.462 e. The van der Waals surface area contributed by atoms with E-state index in [2.05, 4.69) is 6.58 Å². The Morgan fingerprint density at radius 3 is 2.26 bits per heavy atom. The van der Waals surface area contributed by atoms with Gasteiger partial charge in [0.2, 0.25) is 0 Å². The maximum Gasteiger partial charge on any atom is 0.333 e. The molecular weight excluding hydrogens is 248 g/mol. The fourth-order valence-corrected chi connectivity index (χ4v) is 1.98. The van der Waals surface area contributed by atoms with E-state index in [1.807, 2.05) is 0 Å². The highest BCUT2D eigenvalue weighted by atomic mass is 16.6. The van der Waals surface area contributed by atoms with Crippen LogP contribution in [-0.4, -0.2) is 37.9 Å². The molecule has 0 N–H and O–H groups in total. The van der Waals surface area contributed by atoms with Crippen molar-refractivity contribution in [2.45, 2.75) is 51.2 Å². The highest BCUT2D eigenvalue weighted by Crippen LogP contribution is 2.23. The molecule has 1 aliphatic carbocycles. The van der Waals surface area contributed by atoms with Gasteiger partial charge in [-0.15, -0.1) is 0 Å². The summed E-state index contributed by atoms with van der Waals surface area (Å²) in [7, 11) is 1.70. The summed E-state index contributed by atoms with van der Waals surface area (Å²) in [4.78, 5) is 22.6. The van der Waals surface area contributed by atoms with Gasteiger partial charge in [-0.05, 0) is 32.6 Å². The van der Waals surface area contributed by atoms with Crippen molar-refractivity contribution < 1.29 is 23.8 Å². The number of methoxy groups -OCH3 is 1. The van der Waals surface area contributed by atoms with Gasteiger partial charge in [0.15, 0.2) is 0 Å². The van der Waals surface area contributed by atoms with Crippen LogP contribution in [0.1, 0.15) is 39.0 Å². The zero-order valence-corrected chi connectivity index (χ0v) is 11.6. The first-order valence-corrected chi connectivity index (χ1v) is 6.57. The van der Waals surface area contributed by atoms with Crippen molar-refractivity contribution in [1.29, 1.82) is 0 Å². The van der Waals surface area contributed by atoms with E-state index in [-0.39, 0.29) is 31.2 Å². The fraction of sp³-hybridized carbons (Fsp3) is 0.714. The third-order valence-corrected chi connectivity index (χ3v) is 3.14. The number of carbonyl (C=O) groups excluding carboxylic acids is 2. The maximum absolute atomic E-state index is 11.5. The van der Waals surface area contributed by atoms with Gasteiger partial charge in [-0.1, -0.05) is 6.58 Å². The quantitative estimate of drug-likeness (QED) is 0.545. The van der Waals surface area contributed by atoms with Gasteiger partial charge in [0.05, 0.1) is 12.5 Å². The Kier molecular flexibility index (Phi) is 6.56. The summed E-state index contributed by atoms with van der Waals surface area (Å²) in [5.74, 6) is -0.802. The molecule has 0 aromatic rings. The number of ether oxygens (including phenoxy) is 3. The molecule has 0 aromatic carbocycles. The van der Waals surface area contributed by atoms with Crippen LogP contribution >= 0.6 is 0 Å². The molecule has 0 spiro atoms. The second-order valence-electron chi connectivity index (χ2n) is 4.79. The summed E-state index contributed by atoms with van der Waals surface area (Å²) >= 11 is 0. The van der Waals surface area contributed by atoms with Crippen LogP contribution in [0.2, 0.25) is 0 Å².